The third-order valence-electron chi connectivity index (χ3n) is 24.7. The summed E-state index contributed by atoms with van der Waals surface area (Å²) in [7, 11) is 4.87. The summed E-state index contributed by atoms with van der Waals surface area (Å²) in [6.45, 7) is 28.7. The number of ether oxygens (including phenoxy) is 4. The number of hydrogen-bond acceptors (Lipinski definition) is 13. The number of alkyl halides is 6. The van der Waals surface area contributed by atoms with Gasteiger partial charge in [0.05, 0.1) is 45.7 Å². The molecule has 0 spiro atoms. The number of rotatable bonds is 30. The van der Waals surface area contributed by atoms with Gasteiger partial charge in [-0.2, -0.15) is 26.3 Å². The maximum absolute atomic E-state index is 13.5. The zero-order chi connectivity index (χ0) is 91.4. The van der Waals surface area contributed by atoms with Crippen molar-refractivity contribution < 1.29 is 64.5 Å². The topological polar surface area (TPSA) is 191 Å². The number of aryl methyl sites for hydroxylation is 1. The first-order valence-electron chi connectivity index (χ1n) is 45.7. The average molecular weight is 1770 g/mol. The predicted molar refractivity (Wildman–Crippen MR) is 498 cm³/mol. The first-order chi connectivity index (χ1) is 61.8. The first kappa shape index (κ1) is 99.7. The largest absolute Gasteiger partial charge is 0.497 e. The lowest BCUT2D eigenvalue weighted by molar-refractivity contribution is -0.143. The molecular formula is C101H135F6N13O8. The Morgan fingerprint density at radius 3 is 1.25 bits per heavy atom. The third-order valence-corrected chi connectivity index (χ3v) is 24.7. The second-order valence-electron chi connectivity index (χ2n) is 34.2. The molecule has 5 heterocycles. The number of anilines is 4. The molecule has 13 rings (SSSR count). The maximum atomic E-state index is 13.5. The molecule has 5 saturated heterocycles. The minimum absolute atomic E-state index is 0.0304. The van der Waals surface area contributed by atoms with Crippen LogP contribution < -0.4 is 40.8 Å². The van der Waals surface area contributed by atoms with E-state index in [1.165, 1.54) is 41.7 Å². The Hall–Kier alpha value is -10.4. The van der Waals surface area contributed by atoms with Crippen molar-refractivity contribution in [3.05, 3.63) is 245 Å². The molecule has 2 unspecified atom stereocenters. The molecule has 8 amide bonds. The first-order valence-corrected chi connectivity index (χ1v) is 45.7. The van der Waals surface area contributed by atoms with Crippen molar-refractivity contribution in [3.63, 3.8) is 0 Å². The Labute approximate surface area is 754 Å². The minimum atomic E-state index is -4.99. The van der Waals surface area contributed by atoms with Crippen LogP contribution in [-0.4, -0.2) is 206 Å². The van der Waals surface area contributed by atoms with Gasteiger partial charge in [-0.25, -0.2) is 19.2 Å². The Bertz CT molecular complexity index is 4570. The van der Waals surface area contributed by atoms with Gasteiger partial charge >= 0.3 is 36.5 Å². The van der Waals surface area contributed by atoms with Gasteiger partial charge < -0.3 is 74.9 Å². The number of urea groups is 4. The molecule has 128 heavy (non-hydrogen) atoms. The molecule has 21 nitrogen and oxygen atoms in total. The van der Waals surface area contributed by atoms with Crippen molar-refractivity contribution in [2.45, 2.75) is 213 Å². The lowest BCUT2D eigenvalue weighted by Crippen LogP contribution is -2.50. The Morgan fingerprint density at radius 1 is 0.414 bits per heavy atom. The van der Waals surface area contributed by atoms with Gasteiger partial charge in [0, 0.05) is 175 Å². The SMILES string of the molecule is CCCC(C)N1CCC(N(Cc2ccccc2)C(=O)Nc2cc(OC)cc(OC)c2)CC1.CCCC(C)N1CCC(N(Cc2ccccc2)C(=O)Nc2ccc(OC)cc2C)CC1.CCCCN1CCC(N(Cc2ccccc2)C(=O)Nc2cc(C(F)(F)F)cc(C(F)(F)F)c2)CC1.O=C(Nc1cccc(CN2CCOCC2)c1)NC1CCN(Cc2ccccc2)CC1. The van der Waals surface area contributed by atoms with Gasteiger partial charge in [0.2, 0.25) is 0 Å². The van der Waals surface area contributed by atoms with Gasteiger partial charge in [-0.3, -0.25) is 9.80 Å². The number of morpholine rings is 1. The van der Waals surface area contributed by atoms with Crippen LogP contribution in [0.2, 0.25) is 0 Å². The smallest absolute Gasteiger partial charge is 0.416 e. The molecule has 0 aliphatic carbocycles. The van der Waals surface area contributed by atoms with Crippen molar-refractivity contribution in [1.82, 2.24) is 44.5 Å². The summed E-state index contributed by atoms with van der Waals surface area (Å²) in [5.74, 6) is 2.09. The summed E-state index contributed by atoms with van der Waals surface area (Å²) in [5, 5.41) is 14.7. The number of unbranched alkanes of at least 4 members (excludes halogenated alkanes) is 1. The van der Waals surface area contributed by atoms with Crippen molar-refractivity contribution >= 4 is 46.9 Å². The van der Waals surface area contributed by atoms with Crippen LogP contribution in [0.25, 0.3) is 0 Å². The standard InChI is InChI=1S/C26H37N3O3.C26H37N3O2.C25H29F6N3O.C24H32N4O2/c1-5-9-20(2)28-14-12-23(13-15-28)29(19-21-10-7-6-8-11-21)26(30)27-22-16-24(31-3)18-25(17-22)32-4;1-5-9-21(3)28-16-14-23(15-17-28)29(19-22-10-7-6-8-11-22)26(30)27-25-13-12-24(31-4)18-20(25)2;1-2-3-11-33-12-9-22(10-13-33)34(17-18-7-5-4-6-8-18)23(35)32-21-15-19(24(26,27)28)14-20(16-21)25(29,30)31;29-24(25-22-9-11-27(12-10-22)18-20-5-2-1-3-6-20)26-23-8-4-7-21(17-23)19-28-13-15-30-16-14-28/h6-8,10-11,16-18,20,23H,5,9,12-15,19H2,1-4H3,(H,27,30);6-8,10-13,18,21,23H,5,9,14-17,19H2,1-4H3,(H,27,30);4-8,14-16,22H,2-3,9-13,17H2,1H3,(H,32,35);1-8,17,22H,9-16,18-19H2,(H2,25,26,29). The molecule has 27 heteroatoms. The van der Waals surface area contributed by atoms with Crippen molar-refractivity contribution in [2.75, 3.05) is 128 Å². The quantitative estimate of drug-likeness (QED) is 0.0268. The number of carbonyl (C=O) groups is 4. The van der Waals surface area contributed by atoms with E-state index in [9.17, 15) is 45.5 Å². The zero-order valence-electron chi connectivity index (χ0n) is 76.3. The van der Waals surface area contributed by atoms with Crippen molar-refractivity contribution in [3.8, 4) is 17.2 Å². The highest BCUT2D eigenvalue weighted by molar-refractivity contribution is 5.92. The number of halogens is 6. The highest BCUT2D eigenvalue weighted by Gasteiger charge is 2.39. The molecule has 0 bridgehead atoms. The van der Waals surface area contributed by atoms with Crippen LogP contribution in [-0.2, 0) is 49.8 Å². The fourth-order valence-electron chi connectivity index (χ4n) is 17.3. The predicted octanol–water partition coefficient (Wildman–Crippen LogP) is 21.4. The van der Waals surface area contributed by atoms with E-state index in [1.54, 1.807) is 39.5 Å². The van der Waals surface area contributed by atoms with Crippen LogP contribution in [0.15, 0.2) is 200 Å². The van der Waals surface area contributed by atoms with E-state index in [0.29, 0.717) is 67.3 Å². The number of nitrogens with zero attached hydrogens (tertiary/aromatic N) is 8. The van der Waals surface area contributed by atoms with E-state index >= 15 is 0 Å². The average Bonchev–Trinajstić information content (AvgIpc) is 0.799. The third kappa shape index (κ3) is 32.3. The number of nitrogens with one attached hydrogen (secondary N) is 5. The van der Waals surface area contributed by atoms with E-state index < -0.39 is 35.2 Å². The molecule has 0 aromatic heterocycles. The highest BCUT2D eigenvalue weighted by Crippen LogP contribution is 2.39. The maximum Gasteiger partial charge on any atom is 0.416 e. The Kier molecular flexibility index (Phi) is 39.8. The number of hydrogen-bond donors (Lipinski definition) is 5. The summed E-state index contributed by atoms with van der Waals surface area (Å²) in [6.07, 6.45) is 4.30. The van der Waals surface area contributed by atoms with Crippen LogP contribution >= 0.6 is 0 Å². The normalized spacial score (nSPS) is 16.5. The second kappa shape index (κ2) is 51.1. The van der Waals surface area contributed by atoms with Crippen molar-refractivity contribution in [1.29, 1.82) is 0 Å². The van der Waals surface area contributed by atoms with Gasteiger partial charge in [-0.1, -0.05) is 173 Å². The molecule has 5 aliphatic heterocycles. The molecule has 5 fully saturated rings. The molecule has 5 aliphatic rings. The molecule has 5 N–H and O–H groups in total. The minimum Gasteiger partial charge on any atom is -0.497 e. The lowest BCUT2D eigenvalue weighted by Gasteiger charge is -2.40. The van der Waals surface area contributed by atoms with Crippen LogP contribution in [0.5, 0.6) is 17.2 Å². The summed E-state index contributed by atoms with van der Waals surface area (Å²) >= 11 is 0. The van der Waals surface area contributed by atoms with Crippen molar-refractivity contribution in [2.24, 2.45) is 0 Å². The summed E-state index contributed by atoms with van der Waals surface area (Å²) in [5.41, 5.74) is 5.52. The number of benzene rings is 8. The molecule has 0 radical (unpaired) electrons. The van der Waals surface area contributed by atoms with E-state index in [1.807, 2.05) is 114 Å². The highest BCUT2D eigenvalue weighted by atomic mass is 19.4. The van der Waals surface area contributed by atoms with Gasteiger partial charge in [0.25, 0.3) is 0 Å². The number of amides is 8. The van der Waals surface area contributed by atoms with E-state index in [-0.39, 0.29) is 54.9 Å². The number of likely N-dealkylation sites (tertiary alicyclic amines) is 4. The number of piperidine rings is 4. The van der Waals surface area contributed by atoms with Gasteiger partial charge in [0.1, 0.15) is 17.2 Å². The number of methoxy groups -OCH3 is 3. The Morgan fingerprint density at radius 2 is 0.820 bits per heavy atom. The molecule has 2 atom stereocenters. The fraction of sp³-hybridized carbons (Fsp3) is 0.485. The van der Waals surface area contributed by atoms with Crippen LogP contribution in [0.3, 0.4) is 0 Å². The van der Waals surface area contributed by atoms with Gasteiger partial charge in [-0.05, 0) is 180 Å². The van der Waals surface area contributed by atoms with Gasteiger partial charge in [-0.15, -0.1) is 0 Å². The van der Waals surface area contributed by atoms with Crippen LogP contribution in [0.1, 0.15) is 169 Å². The van der Waals surface area contributed by atoms with Crippen LogP contribution in [0.4, 0.5) is 68.3 Å². The Balaban J connectivity index is 0.000000178. The van der Waals surface area contributed by atoms with E-state index in [0.717, 1.165) is 189 Å². The summed E-state index contributed by atoms with van der Waals surface area (Å²) < 4.78 is 101. The second-order valence-corrected chi connectivity index (χ2v) is 34.2. The van der Waals surface area contributed by atoms with E-state index in [4.69, 9.17) is 18.9 Å². The monoisotopic (exact) mass is 1770 g/mol. The van der Waals surface area contributed by atoms with Gasteiger partial charge in [0.15, 0.2) is 0 Å². The molecule has 8 aromatic carbocycles. The van der Waals surface area contributed by atoms with Crippen LogP contribution in [0, 0.1) is 6.92 Å². The molecule has 8 aromatic rings. The molecule has 0 saturated carbocycles. The van der Waals surface area contributed by atoms with E-state index in [2.05, 4.69) is 152 Å². The number of carbonyl (C=O) groups excluding carboxylic acids is 4. The molecule has 694 valence electrons. The molecular weight excluding hydrogens is 1640 g/mol. The summed E-state index contributed by atoms with van der Waals surface area (Å²) in [4.78, 5) is 70.4. The summed E-state index contributed by atoms with van der Waals surface area (Å²) in [6, 6.07) is 61.3. The zero-order valence-corrected chi connectivity index (χ0v) is 76.3. The lowest BCUT2D eigenvalue weighted by atomic mass is 10.00. The fourth-order valence-corrected chi connectivity index (χ4v) is 17.3.